The first-order valence-corrected chi connectivity index (χ1v) is 13.7. The largest absolute Gasteiger partial charge is 1.00 e. The van der Waals surface area contributed by atoms with Crippen LogP contribution in [-0.2, 0) is 32.9 Å². The number of ether oxygens (including phenoxy) is 2. The van der Waals surface area contributed by atoms with E-state index in [-0.39, 0.29) is 83.7 Å². The summed E-state index contributed by atoms with van der Waals surface area (Å²) >= 11 is 1.31. The molecule has 0 rings (SSSR count). The second kappa shape index (κ2) is 25.7. The van der Waals surface area contributed by atoms with Crippen LogP contribution < -0.4 is 68.9 Å². The van der Waals surface area contributed by atoms with Crippen LogP contribution in [0.2, 0.25) is 0 Å². The maximum atomic E-state index is 11.9. The Labute approximate surface area is 252 Å². The van der Waals surface area contributed by atoms with E-state index in [9.17, 15) is 28.7 Å². The Morgan fingerprint density at radius 2 is 1.35 bits per heavy atom. The Balaban J connectivity index is -0.00000480. The van der Waals surface area contributed by atoms with Crippen LogP contribution in [0.4, 0.5) is 0 Å². The Morgan fingerprint density at radius 1 is 0.824 bits per heavy atom. The normalized spacial score (nSPS) is 11.6. The number of rotatable bonds is 20. The Kier molecular flexibility index (Phi) is 29.9. The number of phosphoric acid groups is 1. The summed E-state index contributed by atoms with van der Waals surface area (Å²) < 4.78 is 25.1. The zero-order valence-corrected chi connectivity index (χ0v) is 26.9. The summed E-state index contributed by atoms with van der Waals surface area (Å²) in [6.45, 7) is 2.57. The van der Waals surface area contributed by atoms with Crippen molar-refractivity contribution in [2.45, 2.75) is 97.0 Å². The second-order valence-electron chi connectivity index (χ2n) is 7.56. The molecule has 0 N–H and O–H groups in total. The van der Waals surface area contributed by atoms with Crippen molar-refractivity contribution in [3.8, 4) is 0 Å². The number of esters is 2. The van der Waals surface area contributed by atoms with Gasteiger partial charge in [0.2, 0.25) is 0 Å². The van der Waals surface area contributed by atoms with Crippen molar-refractivity contribution >= 4 is 36.6 Å². The van der Waals surface area contributed by atoms with E-state index < -0.39 is 32.5 Å². The third-order valence-electron chi connectivity index (χ3n) is 4.46. The number of carbonyl (C=O) groups excluding carboxylic acids is 3. The van der Waals surface area contributed by atoms with Gasteiger partial charge in [-0.15, -0.1) is 0 Å². The fourth-order valence-electron chi connectivity index (χ4n) is 2.78. The van der Waals surface area contributed by atoms with E-state index in [0.29, 0.717) is 12.8 Å². The molecular weight excluding hydrogens is 505 g/mol. The van der Waals surface area contributed by atoms with Crippen LogP contribution in [0.1, 0.15) is 90.9 Å². The fraction of sp³-hybridized carbons (Fsp3) is 0.857. The number of hydrogen-bond donors (Lipinski definition) is 0. The molecule has 0 unspecified atom stereocenters. The van der Waals surface area contributed by atoms with E-state index in [2.05, 4.69) is 11.4 Å². The quantitative estimate of drug-likeness (QED) is 0.0689. The van der Waals surface area contributed by atoms with Crippen molar-refractivity contribution in [3.05, 3.63) is 0 Å². The molecule has 34 heavy (non-hydrogen) atoms. The van der Waals surface area contributed by atoms with Crippen molar-refractivity contribution in [1.82, 2.24) is 0 Å². The van der Waals surface area contributed by atoms with Crippen LogP contribution in [0.15, 0.2) is 0 Å². The number of carbonyl (C=O) groups is 3. The van der Waals surface area contributed by atoms with Gasteiger partial charge in [0.15, 0.2) is 11.2 Å². The van der Waals surface area contributed by atoms with E-state index in [1.165, 1.54) is 11.8 Å². The number of unbranched alkanes of at least 4 members (excludes halogenated alkanes) is 8. The van der Waals surface area contributed by atoms with Gasteiger partial charge in [-0.1, -0.05) is 63.6 Å². The van der Waals surface area contributed by atoms with Gasteiger partial charge in [0, 0.05) is 25.5 Å². The van der Waals surface area contributed by atoms with Crippen LogP contribution in [0.5, 0.6) is 0 Å². The SMILES string of the molecule is CCCCCCCC(=O)O[C@@H](COC(=O)CCCCCCCSC(C)=O)COP(=O)([O-])[O-].[Na+].[Na+]. The van der Waals surface area contributed by atoms with Crippen molar-refractivity contribution in [3.63, 3.8) is 0 Å². The van der Waals surface area contributed by atoms with Gasteiger partial charge < -0.3 is 28.3 Å². The van der Waals surface area contributed by atoms with E-state index in [1.54, 1.807) is 6.92 Å². The van der Waals surface area contributed by atoms with Crippen LogP contribution in [0.25, 0.3) is 0 Å². The average molecular weight is 543 g/mol. The minimum Gasteiger partial charge on any atom is -0.790 e. The maximum Gasteiger partial charge on any atom is 1.00 e. The monoisotopic (exact) mass is 542 g/mol. The minimum atomic E-state index is -5.24. The molecular formula is C21H37Na2O9PS. The molecule has 0 aliphatic heterocycles. The van der Waals surface area contributed by atoms with Gasteiger partial charge >= 0.3 is 71.1 Å². The first-order chi connectivity index (χ1) is 15.1. The van der Waals surface area contributed by atoms with Crippen LogP contribution in [0.3, 0.4) is 0 Å². The maximum absolute atomic E-state index is 11.9. The summed E-state index contributed by atoms with van der Waals surface area (Å²) in [6.07, 6.45) is 8.24. The molecule has 0 amide bonds. The van der Waals surface area contributed by atoms with Gasteiger partial charge in [-0.05, 0) is 19.3 Å². The molecule has 0 aromatic rings. The fourth-order valence-corrected chi connectivity index (χ4v) is 3.77. The van der Waals surface area contributed by atoms with Crippen LogP contribution in [0, 0.1) is 0 Å². The van der Waals surface area contributed by atoms with Crippen molar-refractivity contribution < 1.29 is 102 Å². The third kappa shape index (κ3) is 29.3. The summed E-state index contributed by atoms with van der Waals surface area (Å²) in [7, 11) is -5.24. The molecule has 0 fully saturated rings. The molecule has 9 nitrogen and oxygen atoms in total. The summed E-state index contributed by atoms with van der Waals surface area (Å²) in [5.41, 5.74) is 0. The van der Waals surface area contributed by atoms with Crippen molar-refractivity contribution in [2.75, 3.05) is 19.0 Å². The van der Waals surface area contributed by atoms with Crippen LogP contribution >= 0.6 is 19.6 Å². The molecule has 0 aromatic heterocycles. The number of phosphoric ester groups is 1. The van der Waals surface area contributed by atoms with Crippen molar-refractivity contribution in [2.24, 2.45) is 0 Å². The summed E-state index contributed by atoms with van der Waals surface area (Å²) in [4.78, 5) is 56.1. The smallest absolute Gasteiger partial charge is 0.790 e. The number of thioether (sulfide) groups is 1. The molecule has 188 valence electrons. The molecule has 0 saturated carbocycles. The molecule has 0 spiro atoms. The molecule has 0 saturated heterocycles. The van der Waals surface area contributed by atoms with Gasteiger partial charge in [0.05, 0.1) is 14.4 Å². The second-order valence-corrected chi connectivity index (χ2v) is 9.98. The van der Waals surface area contributed by atoms with Gasteiger partial charge in [-0.25, -0.2) is 0 Å². The molecule has 0 heterocycles. The van der Waals surface area contributed by atoms with E-state index >= 15 is 0 Å². The van der Waals surface area contributed by atoms with Gasteiger partial charge in [0.1, 0.15) is 6.61 Å². The zero-order chi connectivity index (χ0) is 24.2. The van der Waals surface area contributed by atoms with Gasteiger partial charge in [0.25, 0.3) is 0 Å². The molecule has 0 aliphatic carbocycles. The topological polar surface area (TPSA) is 142 Å². The van der Waals surface area contributed by atoms with Crippen LogP contribution in [-0.4, -0.2) is 42.1 Å². The minimum absolute atomic E-state index is 0. The first-order valence-electron chi connectivity index (χ1n) is 11.3. The van der Waals surface area contributed by atoms with E-state index in [0.717, 1.165) is 57.1 Å². The molecule has 1 atom stereocenters. The molecule has 0 bridgehead atoms. The molecule has 13 heteroatoms. The van der Waals surface area contributed by atoms with Gasteiger partial charge in [-0.2, -0.15) is 0 Å². The Morgan fingerprint density at radius 3 is 1.91 bits per heavy atom. The molecule has 0 radical (unpaired) electrons. The number of hydrogen-bond acceptors (Lipinski definition) is 10. The standard InChI is InChI=1S/C21H39O9PS.2Na/c1-3-4-5-7-11-14-21(24)30-19(17-29-31(25,26)27)16-28-20(23)13-10-8-6-9-12-15-32-18(2)22;;/h19H,3-17H2,1-2H3,(H2,25,26,27);;/q;2*+1/p-2/t19-;;/m0../s1. The van der Waals surface area contributed by atoms with E-state index in [1.807, 2.05) is 0 Å². The zero-order valence-electron chi connectivity index (χ0n) is 21.2. The predicted octanol–water partition coefficient (Wildman–Crippen LogP) is -2.72. The third-order valence-corrected chi connectivity index (χ3v) is 5.83. The summed E-state index contributed by atoms with van der Waals surface area (Å²) in [5, 5.41) is 0.113. The average Bonchev–Trinajstić information content (AvgIpc) is 2.71. The summed E-state index contributed by atoms with van der Waals surface area (Å²) in [6, 6.07) is 0. The van der Waals surface area contributed by atoms with Crippen molar-refractivity contribution in [1.29, 1.82) is 0 Å². The Hall–Kier alpha value is 1.07. The molecule has 0 aliphatic rings. The summed E-state index contributed by atoms with van der Waals surface area (Å²) in [5.74, 6) is -0.247. The predicted molar refractivity (Wildman–Crippen MR) is 119 cm³/mol. The molecule has 0 aromatic carbocycles. The van der Waals surface area contributed by atoms with E-state index in [4.69, 9.17) is 9.47 Å². The first kappa shape index (κ1) is 39.6. The Bertz CT molecular complexity index is 591. The van der Waals surface area contributed by atoms with Gasteiger partial charge in [-0.3, -0.25) is 14.4 Å².